The first-order valence-electron chi connectivity index (χ1n) is 8.08. The summed E-state index contributed by atoms with van der Waals surface area (Å²) in [5.74, 6) is -0.822. The van der Waals surface area contributed by atoms with Crippen LogP contribution in [0.15, 0.2) is 47.8 Å². The summed E-state index contributed by atoms with van der Waals surface area (Å²) in [6.45, 7) is -2.84. The van der Waals surface area contributed by atoms with E-state index in [1.807, 2.05) is 0 Å². The smallest absolute Gasteiger partial charge is 0.387 e. The zero-order valence-electron chi connectivity index (χ0n) is 14.6. The Labute approximate surface area is 162 Å². The molecule has 0 aliphatic heterocycles. The minimum atomic E-state index is -2.97. The van der Waals surface area contributed by atoms with Crippen LogP contribution in [0.1, 0.15) is 16.1 Å². The maximum absolute atomic E-state index is 13.8. The van der Waals surface area contributed by atoms with Crippen molar-refractivity contribution in [2.45, 2.75) is 13.2 Å². The van der Waals surface area contributed by atoms with E-state index in [0.717, 1.165) is 11.3 Å². The molecule has 0 fully saturated rings. The van der Waals surface area contributed by atoms with Gasteiger partial charge in [-0.1, -0.05) is 18.2 Å². The Hall–Kier alpha value is -3.07. The summed E-state index contributed by atoms with van der Waals surface area (Å²) >= 11 is 1.16. The van der Waals surface area contributed by atoms with Gasteiger partial charge in [-0.05, 0) is 29.8 Å². The molecular formula is C19H15F3N2O3S. The third kappa shape index (κ3) is 4.61. The Morgan fingerprint density at radius 2 is 2.00 bits per heavy atom. The number of alkyl halides is 2. The summed E-state index contributed by atoms with van der Waals surface area (Å²) in [5, 5.41) is 4.61. The molecule has 9 heteroatoms. The summed E-state index contributed by atoms with van der Waals surface area (Å²) in [5.41, 5.74) is 1.11. The molecule has 28 heavy (non-hydrogen) atoms. The van der Waals surface area contributed by atoms with Crippen molar-refractivity contribution in [2.24, 2.45) is 0 Å². The molecule has 0 aliphatic rings. The topological polar surface area (TPSA) is 60.5 Å². The number of benzene rings is 2. The normalized spacial score (nSPS) is 10.8. The lowest BCUT2D eigenvalue weighted by Gasteiger charge is -2.11. The summed E-state index contributed by atoms with van der Waals surface area (Å²) in [7, 11) is 1.33. The Kier molecular flexibility index (Phi) is 6.15. The van der Waals surface area contributed by atoms with Gasteiger partial charge in [0.2, 0.25) is 0 Å². The number of nitrogens with one attached hydrogen (secondary N) is 1. The van der Waals surface area contributed by atoms with E-state index in [1.54, 1.807) is 18.2 Å². The molecule has 3 rings (SSSR count). The molecule has 0 atom stereocenters. The van der Waals surface area contributed by atoms with Crippen molar-refractivity contribution < 1.29 is 27.4 Å². The predicted molar refractivity (Wildman–Crippen MR) is 98.3 cm³/mol. The van der Waals surface area contributed by atoms with E-state index < -0.39 is 18.3 Å². The fourth-order valence-corrected chi connectivity index (χ4v) is 3.25. The molecular weight excluding hydrogens is 393 g/mol. The predicted octanol–water partition coefficient (Wildman–Crippen LogP) is 4.49. The summed E-state index contributed by atoms with van der Waals surface area (Å²) in [4.78, 5) is 16.5. The molecule has 1 amide bonds. The van der Waals surface area contributed by atoms with Gasteiger partial charge in [0.15, 0.2) is 11.5 Å². The summed E-state index contributed by atoms with van der Waals surface area (Å²) < 4.78 is 47.9. The number of rotatable bonds is 7. The van der Waals surface area contributed by atoms with Crippen LogP contribution in [0.25, 0.3) is 10.6 Å². The molecule has 0 bridgehead atoms. The third-order valence-corrected chi connectivity index (χ3v) is 4.61. The van der Waals surface area contributed by atoms with E-state index in [2.05, 4.69) is 15.0 Å². The van der Waals surface area contributed by atoms with Crippen LogP contribution in [0.4, 0.5) is 13.2 Å². The Balaban J connectivity index is 1.67. The lowest BCUT2D eigenvalue weighted by atomic mass is 10.2. The van der Waals surface area contributed by atoms with Crippen LogP contribution in [-0.4, -0.2) is 24.6 Å². The molecule has 0 saturated carbocycles. The van der Waals surface area contributed by atoms with Gasteiger partial charge in [-0.15, -0.1) is 11.3 Å². The van der Waals surface area contributed by atoms with Crippen LogP contribution in [0.3, 0.4) is 0 Å². The fourth-order valence-electron chi connectivity index (χ4n) is 2.42. The molecule has 1 aromatic heterocycles. The zero-order valence-corrected chi connectivity index (χ0v) is 15.4. The molecule has 0 spiro atoms. The molecule has 0 unspecified atom stereocenters. The van der Waals surface area contributed by atoms with Gasteiger partial charge >= 0.3 is 6.61 Å². The van der Waals surface area contributed by atoms with E-state index in [9.17, 15) is 18.0 Å². The minimum Gasteiger partial charge on any atom is -0.493 e. The van der Waals surface area contributed by atoms with E-state index in [0.29, 0.717) is 16.1 Å². The highest BCUT2D eigenvalue weighted by Gasteiger charge is 2.15. The van der Waals surface area contributed by atoms with Crippen molar-refractivity contribution in [3.8, 4) is 22.1 Å². The lowest BCUT2D eigenvalue weighted by Crippen LogP contribution is -2.23. The average molecular weight is 408 g/mol. The van der Waals surface area contributed by atoms with Gasteiger partial charge in [-0.2, -0.15) is 8.78 Å². The van der Waals surface area contributed by atoms with Gasteiger partial charge in [0.05, 0.1) is 7.11 Å². The van der Waals surface area contributed by atoms with Gasteiger partial charge in [-0.3, -0.25) is 4.79 Å². The largest absolute Gasteiger partial charge is 0.493 e. The number of methoxy groups -OCH3 is 1. The van der Waals surface area contributed by atoms with Crippen LogP contribution < -0.4 is 14.8 Å². The molecule has 5 nitrogen and oxygen atoms in total. The lowest BCUT2D eigenvalue weighted by molar-refractivity contribution is -0.0512. The average Bonchev–Trinajstić information content (AvgIpc) is 3.17. The number of aromatic nitrogens is 1. The Bertz CT molecular complexity index is 979. The van der Waals surface area contributed by atoms with Crippen molar-refractivity contribution >= 4 is 17.2 Å². The monoisotopic (exact) mass is 408 g/mol. The van der Waals surface area contributed by atoms with Crippen LogP contribution in [0.2, 0.25) is 0 Å². The Morgan fingerprint density at radius 3 is 2.71 bits per heavy atom. The van der Waals surface area contributed by atoms with E-state index >= 15 is 0 Å². The number of nitrogens with zero attached hydrogens (tertiary/aromatic N) is 1. The SMILES string of the molecule is COc1cc(CNC(=O)c2csc(-c3ccccc3F)n2)ccc1OC(F)F. The van der Waals surface area contributed by atoms with E-state index in [-0.39, 0.29) is 23.7 Å². The first kappa shape index (κ1) is 19.7. The zero-order chi connectivity index (χ0) is 20.1. The summed E-state index contributed by atoms with van der Waals surface area (Å²) in [6, 6.07) is 10.5. The molecule has 1 N–H and O–H groups in total. The number of hydrogen-bond donors (Lipinski definition) is 1. The number of hydrogen-bond acceptors (Lipinski definition) is 5. The number of amides is 1. The van der Waals surface area contributed by atoms with Gasteiger partial charge in [-0.25, -0.2) is 9.37 Å². The summed E-state index contributed by atoms with van der Waals surface area (Å²) in [6.07, 6.45) is 0. The first-order valence-corrected chi connectivity index (χ1v) is 8.96. The van der Waals surface area contributed by atoms with E-state index in [4.69, 9.17) is 4.74 Å². The van der Waals surface area contributed by atoms with Gasteiger partial charge in [0, 0.05) is 17.5 Å². The maximum Gasteiger partial charge on any atom is 0.387 e. The molecule has 0 aliphatic carbocycles. The van der Waals surface area contributed by atoms with Crippen molar-refractivity contribution in [3.63, 3.8) is 0 Å². The Morgan fingerprint density at radius 1 is 1.21 bits per heavy atom. The van der Waals surface area contributed by atoms with Crippen molar-refractivity contribution in [3.05, 3.63) is 64.9 Å². The van der Waals surface area contributed by atoms with Gasteiger partial charge in [0.25, 0.3) is 5.91 Å². The number of thiazole rings is 1. The molecule has 146 valence electrons. The second kappa shape index (κ2) is 8.75. The first-order chi connectivity index (χ1) is 13.5. The molecule has 0 saturated heterocycles. The van der Waals surface area contributed by atoms with Crippen molar-refractivity contribution in [1.82, 2.24) is 10.3 Å². The molecule has 1 heterocycles. The standard InChI is InChI=1S/C19H15F3N2O3S/c1-26-16-8-11(6-7-15(16)27-19(21)22)9-23-17(25)14-10-28-18(24-14)12-4-2-3-5-13(12)20/h2-8,10,19H,9H2,1H3,(H,23,25). The maximum atomic E-state index is 13.8. The highest BCUT2D eigenvalue weighted by molar-refractivity contribution is 7.13. The fraction of sp³-hybridized carbons (Fsp3) is 0.158. The molecule has 2 aromatic carbocycles. The number of halogens is 3. The van der Waals surface area contributed by atoms with Crippen molar-refractivity contribution in [1.29, 1.82) is 0 Å². The third-order valence-electron chi connectivity index (χ3n) is 3.74. The van der Waals surface area contributed by atoms with Crippen LogP contribution in [0, 0.1) is 5.82 Å². The number of carbonyl (C=O) groups excluding carboxylic acids is 1. The van der Waals surface area contributed by atoms with Crippen LogP contribution in [0.5, 0.6) is 11.5 Å². The van der Waals surface area contributed by atoms with Gasteiger partial charge in [0.1, 0.15) is 16.5 Å². The minimum absolute atomic E-state index is 0.0957. The highest BCUT2D eigenvalue weighted by atomic mass is 32.1. The van der Waals surface area contributed by atoms with Crippen LogP contribution in [-0.2, 0) is 6.54 Å². The molecule has 3 aromatic rings. The van der Waals surface area contributed by atoms with E-state index in [1.165, 1.54) is 36.8 Å². The highest BCUT2D eigenvalue weighted by Crippen LogP contribution is 2.29. The van der Waals surface area contributed by atoms with Gasteiger partial charge < -0.3 is 14.8 Å². The number of ether oxygens (including phenoxy) is 2. The quantitative estimate of drug-likeness (QED) is 0.626. The second-order valence-electron chi connectivity index (χ2n) is 5.56. The number of carbonyl (C=O) groups is 1. The second-order valence-corrected chi connectivity index (χ2v) is 6.42. The molecule has 0 radical (unpaired) electrons. The van der Waals surface area contributed by atoms with Crippen LogP contribution >= 0.6 is 11.3 Å². The van der Waals surface area contributed by atoms with Crippen molar-refractivity contribution in [2.75, 3.05) is 7.11 Å².